The summed E-state index contributed by atoms with van der Waals surface area (Å²) in [5.74, 6) is 2.19. The van der Waals surface area contributed by atoms with Crippen molar-refractivity contribution in [2.24, 2.45) is 5.92 Å². The quantitative estimate of drug-likeness (QED) is 0.139. The number of carbonyl (C=O) groups excluding carboxylic acids is 2. The normalized spacial score (nSPS) is 21.4. The van der Waals surface area contributed by atoms with Crippen LogP contribution >= 0.6 is 0 Å². The van der Waals surface area contributed by atoms with Crippen LogP contribution in [0.1, 0.15) is 67.7 Å². The molecule has 236 valence electrons. The van der Waals surface area contributed by atoms with Crippen LogP contribution in [0, 0.1) is 18.3 Å². The van der Waals surface area contributed by atoms with Crippen molar-refractivity contribution < 1.29 is 38.0 Å². The molecule has 5 atom stereocenters. The maximum atomic E-state index is 13.5. The highest BCUT2D eigenvalue weighted by Crippen LogP contribution is 2.39. The van der Waals surface area contributed by atoms with Crippen LogP contribution in [0.3, 0.4) is 0 Å². The fourth-order valence-corrected chi connectivity index (χ4v) is 5.13. The van der Waals surface area contributed by atoms with Gasteiger partial charge in [0.15, 0.2) is 0 Å². The first-order valence-electron chi connectivity index (χ1n) is 14.6. The molecule has 0 bridgehead atoms. The van der Waals surface area contributed by atoms with Crippen LogP contribution in [0.25, 0.3) is 0 Å². The molecule has 1 aliphatic rings. The number of nitrogens with one attached hydrogen (secondary N) is 1. The Kier molecular flexibility index (Phi) is 17.2. The van der Waals surface area contributed by atoms with Crippen LogP contribution in [0.4, 0.5) is 4.79 Å². The second-order valence-electron chi connectivity index (χ2n) is 11.6. The van der Waals surface area contributed by atoms with Gasteiger partial charge in [-0.3, -0.25) is 9.69 Å². The van der Waals surface area contributed by atoms with Crippen molar-refractivity contribution in [3.8, 4) is 12.3 Å². The SMILES string of the molecule is C#CCOCCOCCOCCOC/C=C\[C@@H]1C[C@H](C)N(C(=O)OC(C)(C)C)[C@H]1[C@@H](NC(C)=O)[C@](C)(CCC)OC. The summed E-state index contributed by atoms with van der Waals surface area (Å²) in [6, 6.07) is -0.904. The van der Waals surface area contributed by atoms with E-state index in [2.05, 4.69) is 24.2 Å². The van der Waals surface area contributed by atoms with Crippen molar-refractivity contribution in [1.29, 1.82) is 0 Å². The molecule has 41 heavy (non-hydrogen) atoms. The lowest BCUT2D eigenvalue weighted by Crippen LogP contribution is -2.63. The first-order chi connectivity index (χ1) is 19.4. The van der Waals surface area contributed by atoms with Crippen molar-refractivity contribution in [2.75, 3.05) is 60.0 Å². The smallest absolute Gasteiger partial charge is 0.410 e. The number of amides is 2. The molecule has 0 aromatic rings. The van der Waals surface area contributed by atoms with E-state index in [-0.39, 0.29) is 30.5 Å². The number of rotatable bonds is 19. The number of nitrogens with zero attached hydrogens (tertiary/aromatic N) is 1. The Morgan fingerprint density at radius 3 is 2.15 bits per heavy atom. The summed E-state index contributed by atoms with van der Waals surface area (Å²) in [5.41, 5.74) is -1.33. The predicted octanol–water partition coefficient (Wildman–Crippen LogP) is 3.97. The van der Waals surface area contributed by atoms with Crippen LogP contribution < -0.4 is 5.32 Å². The van der Waals surface area contributed by atoms with E-state index in [1.165, 1.54) is 6.92 Å². The summed E-state index contributed by atoms with van der Waals surface area (Å²) in [4.78, 5) is 27.6. The highest BCUT2D eigenvalue weighted by atomic mass is 16.6. The number of hydrogen-bond donors (Lipinski definition) is 1. The van der Waals surface area contributed by atoms with Gasteiger partial charge in [0.05, 0.1) is 63.9 Å². The predicted molar refractivity (Wildman–Crippen MR) is 159 cm³/mol. The third kappa shape index (κ3) is 13.6. The van der Waals surface area contributed by atoms with Crippen LogP contribution in [-0.4, -0.2) is 106 Å². The van der Waals surface area contributed by atoms with Gasteiger partial charge in [0.1, 0.15) is 12.2 Å². The minimum absolute atomic E-state index is 0.0395. The second-order valence-corrected chi connectivity index (χ2v) is 11.6. The van der Waals surface area contributed by atoms with Crippen LogP contribution in [0.2, 0.25) is 0 Å². The average Bonchev–Trinajstić information content (AvgIpc) is 3.21. The Morgan fingerprint density at radius 2 is 1.63 bits per heavy atom. The third-order valence-corrected chi connectivity index (χ3v) is 6.92. The monoisotopic (exact) mass is 582 g/mol. The van der Waals surface area contributed by atoms with Crippen LogP contribution in [0.5, 0.6) is 0 Å². The van der Waals surface area contributed by atoms with Gasteiger partial charge in [-0.15, -0.1) is 6.42 Å². The summed E-state index contributed by atoms with van der Waals surface area (Å²) in [6.45, 7) is 16.6. The molecule has 1 saturated heterocycles. The maximum absolute atomic E-state index is 13.5. The Bertz CT molecular complexity index is 837. The highest BCUT2D eigenvalue weighted by molar-refractivity contribution is 5.74. The molecule has 1 heterocycles. The van der Waals surface area contributed by atoms with E-state index in [9.17, 15) is 9.59 Å². The zero-order valence-corrected chi connectivity index (χ0v) is 26.5. The molecule has 10 heteroatoms. The summed E-state index contributed by atoms with van der Waals surface area (Å²) in [5, 5.41) is 3.13. The van der Waals surface area contributed by atoms with Crippen molar-refractivity contribution in [3.05, 3.63) is 12.2 Å². The molecule has 0 aromatic carbocycles. The number of terminal acetylenes is 1. The van der Waals surface area contributed by atoms with E-state index in [1.54, 1.807) is 12.0 Å². The lowest BCUT2D eigenvalue weighted by atomic mass is 9.81. The Hall–Kier alpha value is -2.16. The number of likely N-dealkylation sites (tertiary alicyclic amines) is 1. The van der Waals surface area contributed by atoms with Crippen molar-refractivity contribution in [1.82, 2.24) is 10.2 Å². The highest BCUT2D eigenvalue weighted by Gasteiger charge is 2.52. The second kappa shape index (κ2) is 19.1. The fraction of sp³-hybridized carbons (Fsp3) is 0.806. The molecule has 0 aliphatic carbocycles. The standard InChI is InChI=1S/C31H54N2O8/c1-10-14-31(8,36-9)28(32-25(4)34)27-26(23-24(3)33(27)29(35)41-30(5,6)7)13-12-16-38-18-20-40-22-21-39-19-17-37-15-11-2/h2,12-13,24,26-28H,10,14-23H2,1,3-9H3,(H,32,34)/b13-12-/t24-,26+,27+,28+,31-/m0/s1. The van der Waals surface area contributed by atoms with E-state index < -0.39 is 23.3 Å². The molecule has 0 radical (unpaired) electrons. The van der Waals surface area contributed by atoms with Gasteiger partial charge in [0.2, 0.25) is 5.91 Å². The molecule has 0 unspecified atom stereocenters. The summed E-state index contributed by atoms with van der Waals surface area (Å²) in [7, 11) is 1.66. The lowest BCUT2D eigenvalue weighted by Gasteiger charge is -2.45. The summed E-state index contributed by atoms with van der Waals surface area (Å²) < 4.78 is 33.6. The van der Waals surface area contributed by atoms with E-state index in [0.717, 1.165) is 12.8 Å². The Morgan fingerprint density at radius 1 is 1.05 bits per heavy atom. The van der Waals surface area contributed by atoms with E-state index in [4.69, 9.17) is 34.8 Å². The minimum atomic E-state index is -0.687. The van der Waals surface area contributed by atoms with E-state index >= 15 is 0 Å². The number of methoxy groups -OCH3 is 1. The molecule has 0 aromatic heterocycles. The first-order valence-corrected chi connectivity index (χ1v) is 14.6. The van der Waals surface area contributed by atoms with Crippen molar-refractivity contribution in [2.45, 2.75) is 97.1 Å². The Balaban J connectivity index is 2.84. The molecule has 1 N–H and O–H groups in total. The van der Waals surface area contributed by atoms with Gasteiger partial charge in [0.25, 0.3) is 0 Å². The van der Waals surface area contributed by atoms with Crippen LogP contribution in [0.15, 0.2) is 12.2 Å². The van der Waals surface area contributed by atoms with Gasteiger partial charge in [-0.2, -0.15) is 0 Å². The van der Waals surface area contributed by atoms with Gasteiger partial charge in [-0.1, -0.05) is 31.4 Å². The molecule has 1 aliphatic heterocycles. The topological polar surface area (TPSA) is 105 Å². The maximum Gasteiger partial charge on any atom is 0.410 e. The molecular weight excluding hydrogens is 528 g/mol. The summed E-state index contributed by atoms with van der Waals surface area (Å²) >= 11 is 0. The Labute approximate surface area is 247 Å². The van der Waals surface area contributed by atoms with Gasteiger partial charge in [-0.05, 0) is 47.5 Å². The molecule has 10 nitrogen and oxygen atoms in total. The lowest BCUT2D eigenvalue weighted by molar-refractivity contribution is -0.125. The largest absolute Gasteiger partial charge is 0.444 e. The van der Waals surface area contributed by atoms with Gasteiger partial charge in [-0.25, -0.2) is 4.79 Å². The molecule has 2 amide bonds. The zero-order valence-electron chi connectivity index (χ0n) is 26.5. The number of hydrogen-bond acceptors (Lipinski definition) is 8. The van der Waals surface area contributed by atoms with Gasteiger partial charge in [0, 0.05) is 26.0 Å². The zero-order chi connectivity index (χ0) is 30.9. The fourth-order valence-electron chi connectivity index (χ4n) is 5.13. The molecular formula is C31H54N2O8. The molecule has 0 saturated carbocycles. The molecule has 1 fully saturated rings. The van der Waals surface area contributed by atoms with Crippen molar-refractivity contribution >= 4 is 12.0 Å². The minimum Gasteiger partial charge on any atom is -0.444 e. The van der Waals surface area contributed by atoms with Gasteiger partial charge >= 0.3 is 6.09 Å². The molecule has 0 spiro atoms. The van der Waals surface area contributed by atoms with Gasteiger partial charge < -0.3 is 33.7 Å². The third-order valence-electron chi connectivity index (χ3n) is 6.92. The van der Waals surface area contributed by atoms with E-state index in [1.807, 2.05) is 40.7 Å². The average molecular weight is 583 g/mol. The van der Waals surface area contributed by atoms with Crippen LogP contribution in [-0.2, 0) is 33.2 Å². The first kappa shape index (κ1) is 36.9. The number of carbonyl (C=O) groups is 2. The van der Waals surface area contributed by atoms with Crippen molar-refractivity contribution in [3.63, 3.8) is 0 Å². The van der Waals surface area contributed by atoms with E-state index in [0.29, 0.717) is 52.7 Å². The molecule has 1 rings (SSSR count). The summed E-state index contributed by atoms with van der Waals surface area (Å²) in [6.07, 6.45) is 11.1. The number of ether oxygens (including phenoxy) is 6.